The normalized spacial score (nSPS) is 19.4. The molecule has 1 aliphatic heterocycles. The van der Waals surface area contributed by atoms with E-state index in [2.05, 4.69) is 23.2 Å². The Balaban J connectivity index is 1.87. The first-order chi connectivity index (χ1) is 10.4. The monoisotopic (exact) mass is 300 g/mol. The van der Waals surface area contributed by atoms with Crippen LogP contribution in [0.1, 0.15) is 51.8 Å². The Hall–Kier alpha value is -1.97. The first-order valence-corrected chi connectivity index (χ1v) is 8.01. The fourth-order valence-corrected chi connectivity index (χ4v) is 3.07. The van der Waals surface area contributed by atoms with Gasteiger partial charge in [-0.15, -0.1) is 0 Å². The summed E-state index contributed by atoms with van der Waals surface area (Å²) in [5, 5.41) is 1.19. The van der Waals surface area contributed by atoms with Gasteiger partial charge < -0.3 is 9.72 Å². The zero-order valence-electron chi connectivity index (χ0n) is 13.6. The van der Waals surface area contributed by atoms with Crippen LogP contribution < -0.4 is 0 Å². The second-order valence-electron chi connectivity index (χ2n) is 7.00. The van der Waals surface area contributed by atoms with Gasteiger partial charge in [0.25, 0.3) is 0 Å². The van der Waals surface area contributed by atoms with Crippen LogP contribution in [0.3, 0.4) is 0 Å². The van der Waals surface area contributed by atoms with E-state index in [1.807, 2.05) is 37.8 Å². The van der Waals surface area contributed by atoms with Crippen LogP contribution in [0.25, 0.3) is 10.9 Å². The molecular weight excluding hydrogens is 276 g/mol. The fourth-order valence-electron chi connectivity index (χ4n) is 3.07. The number of nitrogens with zero attached hydrogens (tertiary/aromatic N) is 1. The average Bonchev–Trinajstić information content (AvgIpc) is 2.89. The van der Waals surface area contributed by atoms with E-state index in [4.69, 9.17) is 4.74 Å². The highest BCUT2D eigenvalue weighted by molar-refractivity contribution is 5.80. The van der Waals surface area contributed by atoms with Crippen molar-refractivity contribution >= 4 is 17.0 Å². The molecule has 0 aliphatic carbocycles. The molecule has 3 rings (SSSR count). The Bertz CT molecular complexity index is 636. The summed E-state index contributed by atoms with van der Waals surface area (Å²) >= 11 is 0. The summed E-state index contributed by atoms with van der Waals surface area (Å²) in [7, 11) is 0. The average molecular weight is 300 g/mol. The number of carbonyl (C=O) groups is 1. The lowest BCUT2D eigenvalue weighted by atomic mass is 10.00. The number of H-pyrrole nitrogens is 1. The molecule has 2 heterocycles. The van der Waals surface area contributed by atoms with Crippen molar-refractivity contribution in [2.45, 2.75) is 51.7 Å². The Morgan fingerprint density at radius 2 is 2.05 bits per heavy atom. The molecule has 118 valence electrons. The molecule has 1 saturated heterocycles. The quantitative estimate of drug-likeness (QED) is 0.834. The lowest BCUT2D eigenvalue weighted by molar-refractivity contribution is 0.00908. The van der Waals surface area contributed by atoms with Gasteiger partial charge in [-0.1, -0.05) is 18.2 Å². The van der Waals surface area contributed by atoms with Gasteiger partial charge in [-0.05, 0) is 57.6 Å². The van der Waals surface area contributed by atoms with Gasteiger partial charge in [-0.3, -0.25) is 4.90 Å². The number of aromatic nitrogens is 1. The molecule has 4 heteroatoms. The molecule has 1 amide bonds. The number of aromatic amines is 1. The number of ether oxygens (including phenoxy) is 1. The number of carbonyl (C=O) groups excluding carboxylic acids is 1. The predicted octanol–water partition coefficient (Wildman–Crippen LogP) is 4.63. The van der Waals surface area contributed by atoms with Crippen molar-refractivity contribution in [3.63, 3.8) is 0 Å². The Morgan fingerprint density at radius 1 is 1.27 bits per heavy atom. The minimum atomic E-state index is -0.459. The molecular formula is C18H24N2O2. The third-order valence-corrected chi connectivity index (χ3v) is 4.04. The topological polar surface area (TPSA) is 45.3 Å². The summed E-state index contributed by atoms with van der Waals surface area (Å²) in [6.07, 6.45) is 2.94. The predicted molar refractivity (Wildman–Crippen MR) is 87.8 cm³/mol. The molecule has 0 saturated carbocycles. The van der Waals surface area contributed by atoms with E-state index >= 15 is 0 Å². The number of hydrogen-bond acceptors (Lipinski definition) is 2. The van der Waals surface area contributed by atoms with Crippen LogP contribution in [0.2, 0.25) is 0 Å². The van der Waals surface area contributed by atoms with Gasteiger partial charge in [-0.2, -0.15) is 0 Å². The van der Waals surface area contributed by atoms with E-state index in [1.54, 1.807) is 0 Å². The van der Waals surface area contributed by atoms with Crippen molar-refractivity contribution < 1.29 is 9.53 Å². The molecule has 0 bridgehead atoms. The third kappa shape index (κ3) is 3.11. The summed E-state index contributed by atoms with van der Waals surface area (Å²) in [4.78, 5) is 17.8. The van der Waals surface area contributed by atoms with E-state index in [-0.39, 0.29) is 12.1 Å². The minimum absolute atomic E-state index is 0.0796. The van der Waals surface area contributed by atoms with Crippen molar-refractivity contribution in [1.82, 2.24) is 9.88 Å². The molecule has 1 fully saturated rings. The molecule has 1 aromatic carbocycles. The van der Waals surface area contributed by atoms with E-state index in [9.17, 15) is 4.79 Å². The summed E-state index contributed by atoms with van der Waals surface area (Å²) in [6, 6.07) is 10.5. The molecule has 2 aromatic rings. The summed E-state index contributed by atoms with van der Waals surface area (Å²) in [6.45, 7) is 6.49. The molecule has 1 N–H and O–H groups in total. The maximum Gasteiger partial charge on any atom is 0.410 e. The third-order valence-electron chi connectivity index (χ3n) is 4.04. The SMILES string of the molecule is CC(C)(C)OC(=O)N1CCCCC1c1cc2ccccc2[nH]1. The van der Waals surface area contributed by atoms with Crippen molar-refractivity contribution in [3.8, 4) is 0 Å². The van der Waals surface area contributed by atoms with Gasteiger partial charge in [-0.25, -0.2) is 4.79 Å². The number of likely N-dealkylation sites (tertiary alicyclic amines) is 1. The minimum Gasteiger partial charge on any atom is -0.444 e. The Morgan fingerprint density at radius 3 is 2.77 bits per heavy atom. The van der Waals surface area contributed by atoms with Gasteiger partial charge in [0.2, 0.25) is 0 Å². The molecule has 0 spiro atoms. The Labute approximate surface area is 131 Å². The number of para-hydroxylation sites is 1. The molecule has 0 radical (unpaired) electrons. The van der Waals surface area contributed by atoms with Crippen LogP contribution in [0.15, 0.2) is 30.3 Å². The van der Waals surface area contributed by atoms with Crippen LogP contribution in [-0.4, -0.2) is 28.1 Å². The van der Waals surface area contributed by atoms with E-state index < -0.39 is 5.60 Å². The lowest BCUT2D eigenvalue weighted by Crippen LogP contribution is -2.42. The number of piperidine rings is 1. The number of nitrogens with one attached hydrogen (secondary N) is 1. The molecule has 1 atom stereocenters. The zero-order chi connectivity index (χ0) is 15.7. The number of benzene rings is 1. The Kier molecular flexibility index (Phi) is 3.85. The highest BCUT2D eigenvalue weighted by Crippen LogP contribution is 2.33. The molecule has 1 unspecified atom stereocenters. The zero-order valence-corrected chi connectivity index (χ0v) is 13.6. The fraction of sp³-hybridized carbons (Fsp3) is 0.500. The summed E-state index contributed by atoms with van der Waals surface area (Å²) in [5.41, 5.74) is 1.76. The first kappa shape index (κ1) is 14.9. The highest BCUT2D eigenvalue weighted by atomic mass is 16.6. The van der Waals surface area contributed by atoms with Gasteiger partial charge in [0, 0.05) is 17.8 Å². The maximum atomic E-state index is 12.5. The molecule has 22 heavy (non-hydrogen) atoms. The standard InChI is InChI=1S/C18H24N2O2/c1-18(2,3)22-17(21)20-11-7-6-10-16(20)15-12-13-8-4-5-9-14(13)19-15/h4-5,8-9,12,16,19H,6-7,10-11H2,1-3H3. The van der Waals surface area contributed by atoms with Crippen LogP contribution in [-0.2, 0) is 4.74 Å². The van der Waals surface area contributed by atoms with Crippen LogP contribution in [0, 0.1) is 0 Å². The van der Waals surface area contributed by atoms with Crippen molar-refractivity contribution in [2.24, 2.45) is 0 Å². The molecule has 4 nitrogen and oxygen atoms in total. The van der Waals surface area contributed by atoms with Gasteiger partial charge in [0.1, 0.15) is 5.60 Å². The van der Waals surface area contributed by atoms with Crippen molar-refractivity contribution in [2.75, 3.05) is 6.54 Å². The van der Waals surface area contributed by atoms with Crippen molar-refractivity contribution in [1.29, 1.82) is 0 Å². The smallest absolute Gasteiger partial charge is 0.410 e. The summed E-state index contributed by atoms with van der Waals surface area (Å²) < 4.78 is 5.58. The van der Waals surface area contributed by atoms with Crippen LogP contribution >= 0.6 is 0 Å². The number of amides is 1. The summed E-state index contributed by atoms with van der Waals surface area (Å²) in [5.74, 6) is 0. The lowest BCUT2D eigenvalue weighted by Gasteiger charge is -2.36. The van der Waals surface area contributed by atoms with E-state index in [0.717, 1.165) is 37.0 Å². The largest absolute Gasteiger partial charge is 0.444 e. The first-order valence-electron chi connectivity index (χ1n) is 8.01. The van der Waals surface area contributed by atoms with Crippen molar-refractivity contribution in [3.05, 3.63) is 36.0 Å². The van der Waals surface area contributed by atoms with Gasteiger partial charge >= 0.3 is 6.09 Å². The van der Waals surface area contributed by atoms with E-state index in [0.29, 0.717) is 0 Å². The van der Waals surface area contributed by atoms with E-state index in [1.165, 1.54) is 5.39 Å². The second kappa shape index (κ2) is 5.67. The van der Waals surface area contributed by atoms with Gasteiger partial charge in [0.05, 0.1) is 6.04 Å². The highest BCUT2D eigenvalue weighted by Gasteiger charge is 2.32. The number of fused-ring (bicyclic) bond motifs is 1. The number of hydrogen-bond donors (Lipinski definition) is 1. The number of rotatable bonds is 1. The van der Waals surface area contributed by atoms with Crippen LogP contribution in [0.4, 0.5) is 4.79 Å². The maximum absolute atomic E-state index is 12.5. The molecule has 1 aromatic heterocycles. The molecule has 1 aliphatic rings. The second-order valence-corrected chi connectivity index (χ2v) is 7.00. The van der Waals surface area contributed by atoms with Crippen LogP contribution in [0.5, 0.6) is 0 Å². The van der Waals surface area contributed by atoms with Gasteiger partial charge in [0.15, 0.2) is 0 Å².